The third-order valence-electron chi connectivity index (χ3n) is 5.40. The van der Waals surface area contributed by atoms with Crippen molar-refractivity contribution in [3.8, 4) is 0 Å². The number of halogens is 3. The van der Waals surface area contributed by atoms with E-state index < -0.39 is 41.9 Å². The standard InChI is InChI=1S/C21H25F3N4O4/c1-11(2)19-17-6-13(21(22,23)24)4-5-16(17)20(32)28(26-19)10-18(31)25-14-7-15(30)9-27(8-14)12(3)29/h4-6,11,14-15,30H,7-10H2,1-3H3,(H,25,31)/t14-,15?/m0/s1. The molecule has 0 saturated carbocycles. The highest BCUT2D eigenvalue weighted by molar-refractivity contribution is 5.85. The van der Waals surface area contributed by atoms with Gasteiger partial charge in [-0.25, -0.2) is 4.68 Å². The summed E-state index contributed by atoms with van der Waals surface area (Å²) in [5.41, 5.74) is -1.29. The smallest absolute Gasteiger partial charge is 0.391 e. The molecule has 1 aliphatic heterocycles. The second-order valence-corrected chi connectivity index (χ2v) is 8.34. The van der Waals surface area contributed by atoms with Gasteiger partial charge in [-0.05, 0) is 30.5 Å². The first-order valence-electron chi connectivity index (χ1n) is 10.2. The van der Waals surface area contributed by atoms with E-state index in [4.69, 9.17) is 0 Å². The maximum absolute atomic E-state index is 13.1. The van der Waals surface area contributed by atoms with Crippen molar-refractivity contribution in [1.82, 2.24) is 20.0 Å². The van der Waals surface area contributed by atoms with Gasteiger partial charge in [-0.1, -0.05) is 13.8 Å². The van der Waals surface area contributed by atoms with E-state index in [9.17, 15) is 32.7 Å². The highest BCUT2D eigenvalue weighted by Gasteiger charge is 2.32. The highest BCUT2D eigenvalue weighted by atomic mass is 19.4. The largest absolute Gasteiger partial charge is 0.416 e. The molecule has 1 aromatic heterocycles. The molecule has 0 bridgehead atoms. The van der Waals surface area contributed by atoms with Crippen LogP contribution in [-0.4, -0.2) is 56.8 Å². The molecule has 2 amide bonds. The number of aliphatic hydroxyl groups excluding tert-OH is 1. The van der Waals surface area contributed by atoms with E-state index in [-0.39, 0.29) is 47.8 Å². The number of rotatable bonds is 4. The third kappa shape index (κ3) is 5.09. The van der Waals surface area contributed by atoms with Crippen LogP contribution in [0.15, 0.2) is 23.0 Å². The van der Waals surface area contributed by atoms with Crippen LogP contribution in [0.25, 0.3) is 10.8 Å². The molecule has 8 nitrogen and oxygen atoms in total. The Hall–Kier alpha value is -2.95. The number of hydrogen-bond donors (Lipinski definition) is 2. The van der Waals surface area contributed by atoms with Gasteiger partial charge in [-0.2, -0.15) is 18.3 Å². The summed E-state index contributed by atoms with van der Waals surface area (Å²) in [6.45, 7) is 4.81. The molecule has 2 N–H and O–H groups in total. The number of carbonyl (C=O) groups is 2. The fourth-order valence-electron chi connectivity index (χ4n) is 3.86. The van der Waals surface area contributed by atoms with Gasteiger partial charge in [-0.3, -0.25) is 14.4 Å². The topological polar surface area (TPSA) is 105 Å². The normalized spacial score (nSPS) is 19.4. The lowest BCUT2D eigenvalue weighted by molar-refractivity contribution is -0.137. The van der Waals surface area contributed by atoms with Crippen LogP contribution in [0.5, 0.6) is 0 Å². The molecule has 2 atom stereocenters. The van der Waals surface area contributed by atoms with Crippen LogP contribution in [0.1, 0.15) is 44.4 Å². The van der Waals surface area contributed by atoms with Crippen LogP contribution in [0.2, 0.25) is 0 Å². The first-order valence-corrected chi connectivity index (χ1v) is 10.2. The zero-order valence-corrected chi connectivity index (χ0v) is 17.9. The van der Waals surface area contributed by atoms with Crippen molar-refractivity contribution >= 4 is 22.6 Å². The van der Waals surface area contributed by atoms with Crippen molar-refractivity contribution in [3.05, 3.63) is 39.8 Å². The van der Waals surface area contributed by atoms with Gasteiger partial charge in [-0.15, -0.1) is 0 Å². The van der Waals surface area contributed by atoms with Gasteiger partial charge in [0.15, 0.2) is 0 Å². The lowest BCUT2D eigenvalue weighted by Gasteiger charge is -2.35. The van der Waals surface area contributed by atoms with E-state index in [0.717, 1.165) is 22.9 Å². The molecule has 1 aliphatic rings. The summed E-state index contributed by atoms with van der Waals surface area (Å²) in [7, 11) is 0. The average molecular weight is 454 g/mol. The number of β-amino-alcohol motifs (C(OH)–C–C–N with tert-alkyl or cyclic N) is 1. The molecule has 1 aromatic carbocycles. The van der Waals surface area contributed by atoms with Crippen molar-refractivity contribution in [2.75, 3.05) is 13.1 Å². The molecule has 2 aromatic rings. The van der Waals surface area contributed by atoms with Crippen LogP contribution in [0, 0.1) is 0 Å². The van der Waals surface area contributed by atoms with Gasteiger partial charge in [0.25, 0.3) is 5.56 Å². The Kier molecular flexibility index (Phi) is 6.59. The van der Waals surface area contributed by atoms with Gasteiger partial charge < -0.3 is 15.3 Å². The Balaban J connectivity index is 1.89. The van der Waals surface area contributed by atoms with Gasteiger partial charge >= 0.3 is 6.18 Å². The summed E-state index contributed by atoms with van der Waals surface area (Å²) in [6.07, 6.45) is -5.09. The summed E-state index contributed by atoms with van der Waals surface area (Å²) in [4.78, 5) is 38.4. The number of aliphatic hydroxyl groups is 1. The molecular formula is C21H25F3N4O4. The molecule has 174 valence electrons. The zero-order valence-electron chi connectivity index (χ0n) is 17.9. The summed E-state index contributed by atoms with van der Waals surface area (Å²) in [5.74, 6) is -1.08. The summed E-state index contributed by atoms with van der Waals surface area (Å²) < 4.78 is 40.3. The second-order valence-electron chi connectivity index (χ2n) is 8.34. The number of fused-ring (bicyclic) bond motifs is 1. The number of hydrogen-bond acceptors (Lipinski definition) is 5. The van der Waals surface area contributed by atoms with Crippen LogP contribution in [0.3, 0.4) is 0 Å². The fraction of sp³-hybridized carbons (Fsp3) is 0.524. The SMILES string of the molecule is CC(=O)N1CC(O)C[C@H](NC(=O)Cn2nc(C(C)C)c3cc(C(F)(F)F)ccc3c2=O)C1. The molecule has 1 saturated heterocycles. The van der Waals surface area contributed by atoms with Crippen LogP contribution < -0.4 is 10.9 Å². The first-order chi connectivity index (χ1) is 14.9. The number of alkyl halides is 3. The number of carbonyl (C=O) groups excluding carboxylic acids is 2. The van der Waals surface area contributed by atoms with Crippen LogP contribution in [-0.2, 0) is 22.3 Å². The number of aromatic nitrogens is 2. The minimum Gasteiger partial charge on any atom is -0.391 e. The fourth-order valence-corrected chi connectivity index (χ4v) is 3.86. The molecule has 0 spiro atoms. The summed E-state index contributed by atoms with van der Waals surface area (Å²) in [5, 5.41) is 17.0. The molecular weight excluding hydrogens is 429 g/mol. The Labute approximate surface area is 182 Å². The maximum atomic E-state index is 13.1. The Morgan fingerprint density at radius 1 is 1.25 bits per heavy atom. The van der Waals surface area contributed by atoms with E-state index in [0.29, 0.717) is 0 Å². The number of likely N-dealkylation sites (tertiary alicyclic amines) is 1. The van der Waals surface area contributed by atoms with E-state index in [1.54, 1.807) is 13.8 Å². The van der Waals surface area contributed by atoms with Gasteiger partial charge in [0.2, 0.25) is 11.8 Å². The van der Waals surface area contributed by atoms with E-state index in [1.807, 2.05) is 0 Å². The highest BCUT2D eigenvalue weighted by Crippen LogP contribution is 2.32. The number of nitrogens with zero attached hydrogens (tertiary/aromatic N) is 3. The lowest BCUT2D eigenvalue weighted by atomic mass is 10.0. The average Bonchev–Trinajstić information content (AvgIpc) is 2.68. The zero-order chi connectivity index (χ0) is 23.8. The Bertz CT molecular complexity index is 1100. The monoisotopic (exact) mass is 454 g/mol. The number of benzene rings is 1. The number of amides is 2. The van der Waals surface area contributed by atoms with Gasteiger partial charge in [0.05, 0.1) is 22.7 Å². The van der Waals surface area contributed by atoms with Crippen LogP contribution in [0.4, 0.5) is 13.2 Å². The lowest BCUT2D eigenvalue weighted by Crippen LogP contribution is -2.54. The summed E-state index contributed by atoms with van der Waals surface area (Å²) >= 11 is 0. The van der Waals surface area contributed by atoms with E-state index in [2.05, 4.69) is 10.4 Å². The van der Waals surface area contributed by atoms with Gasteiger partial charge in [0, 0.05) is 31.4 Å². The molecule has 11 heteroatoms. The quantitative estimate of drug-likeness (QED) is 0.731. The third-order valence-corrected chi connectivity index (χ3v) is 5.40. The Morgan fingerprint density at radius 2 is 1.94 bits per heavy atom. The maximum Gasteiger partial charge on any atom is 0.416 e. The minimum absolute atomic E-state index is 0.0420. The molecule has 3 rings (SSSR count). The van der Waals surface area contributed by atoms with Crippen molar-refractivity contribution in [3.63, 3.8) is 0 Å². The summed E-state index contributed by atoms with van der Waals surface area (Å²) in [6, 6.07) is 2.34. The van der Waals surface area contributed by atoms with Gasteiger partial charge in [0.1, 0.15) is 6.54 Å². The van der Waals surface area contributed by atoms with E-state index >= 15 is 0 Å². The van der Waals surface area contributed by atoms with Crippen molar-refractivity contribution in [2.24, 2.45) is 0 Å². The number of piperidine rings is 1. The number of nitrogens with one attached hydrogen (secondary N) is 1. The van der Waals surface area contributed by atoms with Crippen molar-refractivity contribution in [2.45, 2.75) is 58.0 Å². The molecule has 0 aliphatic carbocycles. The predicted octanol–water partition coefficient (Wildman–Crippen LogP) is 1.64. The van der Waals surface area contributed by atoms with Crippen molar-refractivity contribution < 1.29 is 27.9 Å². The first kappa shape index (κ1) is 23.7. The minimum atomic E-state index is -4.56. The molecule has 0 radical (unpaired) electrons. The van der Waals surface area contributed by atoms with Crippen molar-refractivity contribution in [1.29, 1.82) is 0 Å². The molecule has 2 heterocycles. The molecule has 1 fully saturated rings. The van der Waals surface area contributed by atoms with Crippen LogP contribution >= 0.6 is 0 Å². The van der Waals surface area contributed by atoms with E-state index in [1.165, 1.54) is 11.8 Å². The predicted molar refractivity (Wildman–Crippen MR) is 110 cm³/mol. The molecule has 32 heavy (non-hydrogen) atoms. The second kappa shape index (κ2) is 8.89. The molecule has 1 unspecified atom stereocenters. The Morgan fingerprint density at radius 3 is 2.53 bits per heavy atom.